The van der Waals surface area contributed by atoms with Crippen molar-refractivity contribution >= 4 is 47.6 Å². The average molecular weight is 456 g/mol. The highest BCUT2D eigenvalue weighted by Crippen LogP contribution is 2.10. The van der Waals surface area contributed by atoms with Gasteiger partial charge < -0.3 is 20.3 Å². The van der Waals surface area contributed by atoms with Crippen molar-refractivity contribution in [1.29, 1.82) is 0 Å². The lowest BCUT2D eigenvalue weighted by Crippen LogP contribution is -2.42. The van der Waals surface area contributed by atoms with E-state index in [1.54, 1.807) is 30.8 Å². The second-order valence-electron chi connectivity index (χ2n) is 5.26. The van der Waals surface area contributed by atoms with E-state index in [1.807, 2.05) is 6.08 Å². The van der Waals surface area contributed by atoms with Gasteiger partial charge in [-0.3, -0.25) is 4.79 Å². The molecule has 1 rings (SSSR count). The molecule has 0 aromatic carbocycles. The van der Waals surface area contributed by atoms with Crippen molar-refractivity contribution in [2.24, 2.45) is 4.99 Å². The summed E-state index contributed by atoms with van der Waals surface area (Å²) < 4.78 is 5.59. The lowest BCUT2D eigenvalue weighted by Gasteiger charge is -2.16. The second kappa shape index (κ2) is 13.9. The number of thioether (sulfide) groups is 1. The molecule has 1 saturated heterocycles. The van der Waals surface area contributed by atoms with Crippen LogP contribution in [0.4, 0.5) is 0 Å². The summed E-state index contributed by atoms with van der Waals surface area (Å²) in [7, 11) is 3.47. The van der Waals surface area contributed by atoms with Crippen LogP contribution >= 0.6 is 35.7 Å². The number of hydrogen-bond acceptors (Lipinski definition) is 4. The number of carbonyl (C=O) groups is 1. The predicted octanol–water partition coefficient (Wildman–Crippen LogP) is 1.33. The van der Waals surface area contributed by atoms with Gasteiger partial charge in [-0.1, -0.05) is 6.08 Å². The largest absolute Gasteiger partial charge is 0.376 e. The molecule has 8 heteroatoms. The van der Waals surface area contributed by atoms with Crippen LogP contribution in [0.5, 0.6) is 0 Å². The highest BCUT2D eigenvalue weighted by Gasteiger charge is 2.15. The number of nitrogens with zero attached hydrogens (tertiary/aromatic N) is 2. The molecule has 0 radical (unpaired) electrons. The van der Waals surface area contributed by atoms with Crippen molar-refractivity contribution in [2.75, 3.05) is 51.8 Å². The Hall–Kier alpha value is -0.480. The van der Waals surface area contributed by atoms with Gasteiger partial charge >= 0.3 is 0 Å². The van der Waals surface area contributed by atoms with Crippen molar-refractivity contribution in [2.45, 2.75) is 18.9 Å². The number of halogens is 1. The minimum Gasteiger partial charge on any atom is -0.376 e. The Bertz CT molecular complexity index is 374. The molecule has 1 fully saturated rings. The molecule has 0 spiro atoms. The van der Waals surface area contributed by atoms with Gasteiger partial charge in [0.1, 0.15) is 6.54 Å². The molecular weight excluding hydrogens is 427 g/mol. The molecule has 2 N–H and O–H groups in total. The van der Waals surface area contributed by atoms with E-state index in [1.165, 1.54) is 0 Å². The van der Waals surface area contributed by atoms with Gasteiger partial charge in [0.05, 0.1) is 6.10 Å². The average Bonchev–Trinajstić information content (AvgIpc) is 3.01. The number of nitrogens with one attached hydrogen (secondary N) is 2. The van der Waals surface area contributed by atoms with Crippen LogP contribution in [0.2, 0.25) is 0 Å². The van der Waals surface area contributed by atoms with Crippen molar-refractivity contribution in [3.8, 4) is 0 Å². The molecule has 134 valence electrons. The first kappa shape index (κ1) is 22.5. The summed E-state index contributed by atoms with van der Waals surface area (Å²) >= 11 is 1.80. The maximum Gasteiger partial charge on any atom is 0.243 e. The van der Waals surface area contributed by atoms with Crippen LogP contribution in [0.1, 0.15) is 12.8 Å². The Morgan fingerprint density at radius 3 is 2.87 bits per heavy atom. The number of likely N-dealkylation sites (N-methyl/N-ethyl adjacent to an activating group) is 1. The first-order chi connectivity index (χ1) is 10.6. The van der Waals surface area contributed by atoms with Crippen molar-refractivity contribution in [3.63, 3.8) is 0 Å². The summed E-state index contributed by atoms with van der Waals surface area (Å²) in [6.07, 6.45) is 4.33. The second-order valence-corrected chi connectivity index (χ2v) is 6.41. The number of aliphatic imine (C=N–C) groups is 1. The van der Waals surface area contributed by atoms with Gasteiger partial charge in [-0.25, -0.2) is 4.99 Å². The van der Waals surface area contributed by atoms with Gasteiger partial charge in [-0.05, 0) is 12.8 Å². The fourth-order valence-electron chi connectivity index (χ4n) is 1.89. The SMILES string of the molecule is C=CCSCCNC(=NCC(=O)N(C)C)NCC1CCCO1.I. The molecule has 0 bridgehead atoms. The zero-order valence-corrected chi connectivity index (χ0v) is 17.2. The Labute approximate surface area is 160 Å². The third-order valence-electron chi connectivity index (χ3n) is 3.17. The van der Waals surface area contributed by atoms with Crippen LogP contribution in [0, 0.1) is 0 Å². The van der Waals surface area contributed by atoms with Crippen LogP contribution in [0.15, 0.2) is 17.6 Å². The lowest BCUT2D eigenvalue weighted by atomic mass is 10.2. The maximum absolute atomic E-state index is 11.6. The quantitative estimate of drug-likeness (QED) is 0.180. The van der Waals surface area contributed by atoms with Crippen LogP contribution in [0.3, 0.4) is 0 Å². The number of ether oxygens (including phenoxy) is 1. The zero-order chi connectivity index (χ0) is 16.2. The third-order valence-corrected chi connectivity index (χ3v) is 4.13. The van der Waals surface area contributed by atoms with Gasteiger partial charge in [0.2, 0.25) is 5.91 Å². The van der Waals surface area contributed by atoms with Crippen LogP contribution in [0.25, 0.3) is 0 Å². The third kappa shape index (κ3) is 10.8. The highest BCUT2D eigenvalue weighted by atomic mass is 127. The number of rotatable bonds is 9. The van der Waals surface area contributed by atoms with Crippen molar-refractivity contribution in [3.05, 3.63) is 12.7 Å². The van der Waals surface area contributed by atoms with E-state index in [0.29, 0.717) is 5.96 Å². The van der Waals surface area contributed by atoms with Crippen LogP contribution in [-0.2, 0) is 9.53 Å². The van der Waals surface area contributed by atoms with Gasteiger partial charge in [0.25, 0.3) is 0 Å². The summed E-state index contributed by atoms with van der Waals surface area (Å²) in [6.45, 7) is 6.20. The summed E-state index contributed by atoms with van der Waals surface area (Å²) in [5.41, 5.74) is 0. The first-order valence-corrected chi connectivity index (χ1v) is 8.81. The van der Waals surface area contributed by atoms with Crippen molar-refractivity contribution in [1.82, 2.24) is 15.5 Å². The number of amides is 1. The van der Waals surface area contributed by atoms with E-state index >= 15 is 0 Å². The van der Waals surface area contributed by atoms with Crippen LogP contribution < -0.4 is 10.6 Å². The smallest absolute Gasteiger partial charge is 0.243 e. The fraction of sp³-hybridized carbons (Fsp3) is 0.733. The Morgan fingerprint density at radius 1 is 1.48 bits per heavy atom. The van der Waals surface area contributed by atoms with Gasteiger partial charge in [-0.15, -0.1) is 30.6 Å². The first-order valence-electron chi connectivity index (χ1n) is 7.66. The van der Waals surface area contributed by atoms with E-state index in [0.717, 1.165) is 44.0 Å². The van der Waals surface area contributed by atoms with E-state index in [4.69, 9.17) is 4.74 Å². The molecule has 23 heavy (non-hydrogen) atoms. The molecule has 1 heterocycles. The Kier molecular flexibility index (Phi) is 13.6. The number of carbonyl (C=O) groups excluding carboxylic acids is 1. The summed E-state index contributed by atoms with van der Waals surface area (Å²) in [5.74, 6) is 2.56. The molecule has 6 nitrogen and oxygen atoms in total. The van der Waals surface area contributed by atoms with E-state index in [2.05, 4.69) is 22.2 Å². The monoisotopic (exact) mass is 456 g/mol. The molecule has 1 amide bonds. The molecule has 0 saturated carbocycles. The summed E-state index contributed by atoms with van der Waals surface area (Å²) in [5, 5.41) is 6.51. The highest BCUT2D eigenvalue weighted by molar-refractivity contribution is 14.0. The minimum absolute atomic E-state index is 0. The molecule has 0 aromatic heterocycles. The Morgan fingerprint density at radius 2 is 2.26 bits per heavy atom. The molecule has 1 aliphatic heterocycles. The predicted molar refractivity (Wildman–Crippen MR) is 109 cm³/mol. The normalized spacial score (nSPS) is 17.3. The summed E-state index contributed by atoms with van der Waals surface area (Å²) in [6, 6.07) is 0. The topological polar surface area (TPSA) is 66.0 Å². The lowest BCUT2D eigenvalue weighted by molar-refractivity contribution is -0.127. The molecule has 1 unspecified atom stereocenters. The minimum atomic E-state index is -0.0146. The van der Waals surface area contributed by atoms with Gasteiger partial charge in [0, 0.05) is 45.3 Å². The molecular formula is C15H29IN4O2S. The number of guanidine groups is 1. The van der Waals surface area contributed by atoms with E-state index < -0.39 is 0 Å². The molecule has 1 atom stereocenters. The fourth-order valence-corrected chi connectivity index (χ4v) is 2.47. The zero-order valence-electron chi connectivity index (χ0n) is 14.0. The standard InChI is InChI=1S/C15H28N4O2S.HI/c1-4-9-22-10-7-16-15(18-12-14(20)19(2)3)17-11-13-6-5-8-21-13;/h4,13H,1,5-12H2,2-3H3,(H2,16,17,18);1H. The summed E-state index contributed by atoms with van der Waals surface area (Å²) in [4.78, 5) is 17.5. The Balaban J connectivity index is 0.00000484. The van der Waals surface area contributed by atoms with E-state index in [9.17, 15) is 4.79 Å². The number of hydrogen-bond donors (Lipinski definition) is 2. The van der Waals surface area contributed by atoms with Crippen molar-refractivity contribution < 1.29 is 9.53 Å². The van der Waals surface area contributed by atoms with E-state index in [-0.39, 0.29) is 42.5 Å². The van der Waals surface area contributed by atoms with Gasteiger partial charge in [-0.2, -0.15) is 11.8 Å². The molecule has 0 aliphatic carbocycles. The van der Waals surface area contributed by atoms with Gasteiger partial charge in [0.15, 0.2) is 5.96 Å². The molecule has 1 aliphatic rings. The molecule has 0 aromatic rings. The van der Waals surface area contributed by atoms with Crippen LogP contribution in [-0.4, -0.2) is 74.7 Å². The maximum atomic E-state index is 11.6.